The molecule has 2 N–H and O–H groups in total. The molecule has 1 aromatic carbocycles. The predicted molar refractivity (Wildman–Crippen MR) is 78.6 cm³/mol. The van der Waals surface area contributed by atoms with E-state index in [1.165, 1.54) is 0 Å². The van der Waals surface area contributed by atoms with Crippen LogP contribution in [0.25, 0.3) is 0 Å². The summed E-state index contributed by atoms with van der Waals surface area (Å²) in [5.41, 5.74) is 1.39. The van der Waals surface area contributed by atoms with Crippen LogP contribution < -0.4 is 5.32 Å². The van der Waals surface area contributed by atoms with Gasteiger partial charge in [-0.2, -0.15) is 0 Å². The number of rotatable bonds is 4. The number of nitrogens with one attached hydrogen (secondary N) is 1. The van der Waals surface area contributed by atoms with E-state index in [1.807, 2.05) is 33.8 Å². The van der Waals surface area contributed by atoms with E-state index in [4.69, 9.17) is 16.7 Å². The third kappa shape index (κ3) is 4.51. The zero-order chi connectivity index (χ0) is 14.6. The Labute approximate surface area is 120 Å². The van der Waals surface area contributed by atoms with Crippen molar-refractivity contribution in [1.82, 2.24) is 5.32 Å². The van der Waals surface area contributed by atoms with Gasteiger partial charge in [0.1, 0.15) is 0 Å². The molecule has 0 aliphatic heterocycles. The maximum atomic E-state index is 12.2. The molecule has 0 heterocycles. The lowest BCUT2D eigenvalue weighted by Gasteiger charge is -2.31. The van der Waals surface area contributed by atoms with Gasteiger partial charge in [0.15, 0.2) is 0 Å². The lowest BCUT2D eigenvalue weighted by Crippen LogP contribution is -2.44. The van der Waals surface area contributed by atoms with Crippen LogP contribution in [0.3, 0.4) is 0 Å². The van der Waals surface area contributed by atoms with Gasteiger partial charge in [-0.25, -0.2) is 0 Å². The number of aryl methyl sites for hydroxylation is 1. The molecule has 4 heteroatoms. The largest absolute Gasteiger partial charge is 0.396 e. The Bertz CT molecular complexity index is 452. The van der Waals surface area contributed by atoms with Crippen LogP contribution >= 0.6 is 11.6 Å². The van der Waals surface area contributed by atoms with Crippen LogP contribution in [-0.4, -0.2) is 23.7 Å². The van der Waals surface area contributed by atoms with Crippen molar-refractivity contribution in [3.63, 3.8) is 0 Å². The highest BCUT2D eigenvalue weighted by Crippen LogP contribution is 2.23. The smallest absolute Gasteiger partial charge is 0.251 e. The molecular weight excluding hydrogens is 262 g/mol. The quantitative estimate of drug-likeness (QED) is 0.892. The summed E-state index contributed by atoms with van der Waals surface area (Å²) in [6, 6.07) is 5.18. The number of carbonyl (C=O) groups excluding carboxylic acids is 1. The highest BCUT2D eigenvalue weighted by atomic mass is 35.5. The maximum Gasteiger partial charge on any atom is 0.251 e. The number of hydrogen-bond donors (Lipinski definition) is 2. The molecule has 1 amide bonds. The first-order valence-corrected chi connectivity index (χ1v) is 6.81. The Morgan fingerprint density at radius 3 is 2.53 bits per heavy atom. The van der Waals surface area contributed by atoms with Crippen LogP contribution in [-0.2, 0) is 0 Å². The topological polar surface area (TPSA) is 49.3 Å². The number of aliphatic hydroxyl groups excluding tert-OH is 1. The van der Waals surface area contributed by atoms with Crippen LogP contribution in [0.4, 0.5) is 0 Å². The highest BCUT2D eigenvalue weighted by Gasteiger charge is 2.26. The summed E-state index contributed by atoms with van der Waals surface area (Å²) in [5, 5.41) is 12.6. The molecule has 0 aromatic heterocycles. The van der Waals surface area contributed by atoms with Crippen molar-refractivity contribution < 1.29 is 9.90 Å². The molecule has 1 unspecified atom stereocenters. The number of amides is 1. The summed E-state index contributed by atoms with van der Waals surface area (Å²) in [5.74, 6) is -0.157. The Kier molecular flexibility index (Phi) is 5.39. The van der Waals surface area contributed by atoms with E-state index in [0.717, 1.165) is 5.56 Å². The molecule has 1 atom stereocenters. The van der Waals surface area contributed by atoms with E-state index in [2.05, 4.69) is 5.32 Å². The fourth-order valence-corrected chi connectivity index (χ4v) is 2.01. The average Bonchev–Trinajstić information content (AvgIpc) is 2.30. The van der Waals surface area contributed by atoms with Gasteiger partial charge in [-0.3, -0.25) is 4.79 Å². The number of hydrogen-bond acceptors (Lipinski definition) is 2. The van der Waals surface area contributed by atoms with Crippen LogP contribution in [0.15, 0.2) is 18.2 Å². The minimum Gasteiger partial charge on any atom is -0.396 e. The second-order valence-corrected chi connectivity index (χ2v) is 6.28. The van der Waals surface area contributed by atoms with E-state index in [-0.39, 0.29) is 24.0 Å². The van der Waals surface area contributed by atoms with Crippen LogP contribution in [0.1, 0.15) is 43.1 Å². The molecule has 0 fully saturated rings. The molecule has 0 aliphatic carbocycles. The molecule has 19 heavy (non-hydrogen) atoms. The van der Waals surface area contributed by atoms with Gasteiger partial charge in [0.05, 0.1) is 0 Å². The molecule has 0 saturated carbocycles. The first kappa shape index (κ1) is 16.0. The number of aliphatic hydroxyl groups is 1. The number of halogens is 1. The molecule has 1 rings (SSSR count). The van der Waals surface area contributed by atoms with Crippen LogP contribution in [0, 0.1) is 12.3 Å². The highest BCUT2D eigenvalue weighted by molar-refractivity contribution is 6.31. The van der Waals surface area contributed by atoms with Crippen LogP contribution in [0.5, 0.6) is 0 Å². The molecular formula is C15H22ClNO2. The number of benzene rings is 1. The fraction of sp³-hybridized carbons (Fsp3) is 0.533. The van der Waals surface area contributed by atoms with E-state index in [0.29, 0.717) is 17.0 Å². The number of carbonyl (C=O) groups is 1. The van der Waals surface area contributed by atoms with Crippen molar-refractivity contribution in [2.24, 2.45) is 5.41 Å². The van der Waals surface area contributed by atoms with Gasteiger partial charge in [-0.15, -0.1) is 0 Å². The van der Waals surface area contributed by atoms with Gasteiger partial charge in [0.25, 0.3) is 5.91 Å². The minimum absolute atomic E-state index is 0.0525. The van der Waals surface area contributed by atoms with E-state index >= 15 is 0 Å². The Balaban J connectivity index is 2.84. The molecule has 0 bridgehead atoms. The second-order valence-electron chi connectivity index (χ2n) is 5.87. The van der Waals surface area contributed by atoms with Crippen molar-refractivity contribution in [3.8, 4) is 0 Å². The Morgan fingerprint density at radius 2 is 2.05 bits per heavy atom. The van der Waals surface area contributed by atoms with Gasteiger partial charge in [-0.1, -0.05) is 38.4 Å². The van der Waals surface area contributed by atoms with E-state index < -0.39 is 0 Å². The third-order valence-corrected chi connectivity index (χ3v) is 3.61. The summed E-state index contributed by atoms with van der Waals surface area (Å²) in [6.45, 7) is 8.06. The van der Waals surface area contributed by atoms with Gasteiger partial charge in [0, 0.05) is 23.2 Å². The van der Waals surface area contributed by atoms with Gasteiger partial charge in [-0.05, 0) is 36.5 Å². The summed E-state index contributed by atoms with van der Waals surface area (Å²) in [4.78, 5) is 12.2. The Hall–Kier alpha value is -1.06. The lowest BCUT2D eigenvalue weighted by molar-refractivity contribution is 0.0885. The van der Waals surface area contributed by atoms with Crippen molar-refractivity contribution in [1.29, 1.82) is 0 Å². The maximum absolute atomic E-state index is 12.2. The summed E-state index contributed by atoms with van der Waals surface area (Å²) >= 11 is 6.03. The SMILES string of the molecule is Cc1ccc(C(=O)NC(CCO)C(C)(C)C)cc1Cl. The Morgan fingerprint density at radius 1 is 1.42 bits per heavy atom. The summed E-state index contributed by atoms with van der Waals surface area (Å²) in [6.07, 6.45) is 0.537. The summed E-state index contributed by atoms with van der Waals surface area (Å²) in [7, 11) is 0. The van der Waals surface area contributed by atoms with E-state index in [9.17, 15) is 4.79 Å². The zero-order valence-electron chi connectivity index (χ0n) is 12.0. The molecule has 0 radical (unpaired) electrons. The monoisotopic (exact) mass is 283 g/mol. The lowest BCUT2D eigenvalue weighted by atomic mass is 9.84. The van der Waals surface area contributed by atoms with Crippen molar-refractivity contribution in [3.05, 3.63) is 34.3 Å². The van der Waals surface area contributed by atoms with Crippen molar-refractivity contribution in [2.75, 3.05) is 6.61 Å². The van der Waals surface area contributed by atoms with Gasteiger partial charge < -0.3 is 10.4 Å². The normalized spacial score (nSPS) is 13.2. The minimum atomic E-state index is -0.157. The zero-order valence-corrected chi connectivity index (χ0v) is 12.7. The van der Waals surface area contributed by atoms with Crippen LogP contribution in [0.2, 0.25) is 5.02 Å². The second kappa shape index (κ2) is 6.40. The fourth-order valence-electron chi connectivity index (χ4n) is 1.83. The third-order valence-electron chi connectivity index (χ3n) is 3.20. The first-order valence-electron chi connectivity index (χ1n) is 6.43. The summed E-state index contributed by atoms with van der Waals surface area (Å²) < 4.78 is 0. The van der Waals surface area contributed by atoms with Gasteiger partial charge in [0.2, 0.25) is 0 Å². The predicted octanol–water partition coefficient (Wildman–Crippen LogP) is 3.18. The standard InChI is InChI=1S/C15H22ClNO2/c1-10-5-6-11(9-12(10)16)14(19)17-13(7-8-18)15(2,3)4/h5-6,9,13,18H,7-8H2,1-4H3,(H,17,19). The van der Waals surface area contributed by atoms with E-state index in [1.54, 1.807) is 12.1 Å². The van der Waals surface area contributed by atoms with Crippen molar-refractivity contribution >= 4 is 17.5 Å². The van der Waals surface area contributed by atoms with Crippen molar-refractivity contribution in [2.45, 2.75) is 40.2 Å². The first-order chi connectivity index (χ1) is 8.75. The molecule has 0 spiro atoms. The molecule has 0 saturated heterocycles. The average molecular weight is 284 g/mol. The molecule has 106 valence electrons. The molecule has 1 aromatic rings. The molecule has 0 aliphatic rings. The molecule has 3 nitrogen and oxygen atoms in total. The van der Waals surface area contributed by atoms with Gasteiger partial charge >= 0.3 is 0 Å².